The normalized spacial score (nSPS) is 29.0. The number of aryl methyl sites for hydroxylation is 1. The monoisotopic (exact) mass is 312 g/mol. The van der Waals surface area contributed by atoms with E-state index in [0.717, 1.165) is 24.8 Å². The lowest BCUT2D eigenvalue weighted by molar-refractivity contribution is -0.0427. The van der Waals surface area contributed by atoms with Crippen molar-refractivity contribution in [1.82, 2.24) is 0 Å². The van der Waals surface area contributed by atoms with Gasteiger partial charge in [0, 0.05) is 6.42 Å². The van der Waals surface area contributed by atoms with Crippen molar-refractivity contribution in [2.45, 2.75) is 43.7 Å². The van der Waals surface area contributed by atoms with Gasteiger partial charge in [-0.25, -0.2) is 0 Å². The molecule has 0 bridgehead atoms. The zero-order valence-corrected chi connectivity index (χ0v) is 12.8. The number of aromatic hydroxyl groups is 2. The maximum Gasteiger partial charge on any atom is 0.115 e. The Morgan fingerprint density at radius 2 is 1.52 bits per heavy atom. The van der Waals surface area contributed by atoms with E-state index < -0.39 is 0 Å². The minimum atomic E-state index is -0.0424. The summed E-state index contributed by atoms with van der Waals surface area (Å²) in [6.45, 7) is 0. The average Bonchev–Trinajstić information content (AvgIpc) is 3.34. The van der Waals surface area contributed by atoms with Gasteiger partial charge in [0.2, 0.25) is 0 Å². The van der Waals surface area contributed by atoms with Gasteiger partial charge in [-0.1, -0.05) is 24.3 Å². The molecule has 0 unspecified atom stereocenters. The van der Waals surface area contributed by atoms with Crippen LogP contribution in [-0.2, 0) is 15.9 Å². The second kappa shape index (κ2) is 5.87. The fourth-order valence-corrected chi connectivity index (χ4v) is 3.32. The molecule has 2 saturated heterocycles. The Hall–Kier alpha value is -2.04. The second-order valence-corrected chi connectivity index (χ2v) is 6.35. The topological polar surface area (TPSA) is 62.2 Å². The third-order valence-electron chi connectivity index (χ3n) is 4.67. The van der Waals surface area contributed by atoms with Crippen molar-refractivity contribution >= 4 is 0 Å². The number of ether oxygens (including phenoxy) is 2. The lowest BCUT2D eigenvalue weighted by Gasteiger charge is -2.27. The van der Waals surface area contributed by atoms with Crippen LogP contribution in [0.1, 0.15) is 30.1 Å². The Balaban J connectivity index is 1.40. The summed E-state index contributed by atoms with van der Waals surface area (Å²) in [5.41, 5.74) is 2.26. The van der Waals surface area contributed by atoms with Crippen molar-refractivity contribution in [3.05, 3.63) is 59.7 Å². The van der Waals surface area contributed by atoms with Crippen LogP contribution in [0.4, 0.5) is 0 Å². The first-order valence-corrected chi connectivity index (χ1v) is 8.07. The first kappa shape index (κ1) is 14.5. The Kier molecular flexibility index (Phi) is 3.71. The van der Waals surface area contributed by atoms with Gasteiger partial charge in [-0.2, -0.15) is 0 Å². The Labute approximate surface area is 135 Å². The van der Waals surface area contributed by atoms with Gasteiger partial charge in [-0.05, 0) is 48.2 Å². The highest BCUT2D eigenvalue weighted by atomic mass is 16.6. The van der Waals surface area contributed by atoms with E-state index >= 15 is 0 Å². The largest absolute Gasteiger partial charge is 0.508 e. The number of epoxide rings is 1. The first-order valence-electron chi connectivity index (χ1n) is 8.07. The molecule has 4 rings (SSSR count). The smallest absolute Gasteiger partial charge is 0.115 e. The Morgan fingerprint density at radius 1 is 0.870 bits per heavy atom. The number of hydrogen-bond donors (Lipinski definition) is 2. The molecule has 2 aliphatic heterocycles. The molecule has 2 aromatic carbocycles. The number of fused-ring (bicyclic) bond motifs is 1. The average molecular weight is 312 g/mol. The number of phenols is 2. The van der Waals surface area contributed by atoms with Crippen LogP contribution in [0.5, 0.6) is 11.5 Å². The molecule has 0 amide bonds. The number of phenolic OH excluding ortho intramolecular Hbond substituents is 2. The maximum absolute atomic E-state index is 9.42. The highest BCUT2D eigenvalue weighted by Gasteiger charge is 2.51. The van der Waals surface area contributed by atoms with Crippen LogP contribution in [0.25, 0.3) is 0 Å². The molecule has 0 spiro atoms. The summed E-state index contributed by atoms with van der Waals surface area (Å²) >= 11 is 0. The zero-order chi connectivity index (χ0) is 15.8. The molecule has 0 aromatic heterocycles. The minimum absolute atomic E-state index is 0.0424. The summed E-state index contributed by atoms with van der Waals surface area (Å²) in [6, 6.07) is 14.5. The van der Waals surface area contributed by atoms with Crippen LogP contribution in [0.3, 0.4) is 0 Å². The van der Waals surface area contributed by atoms with Gasteiger partial charge in [0.05, 0.1) is 12.2 Å². The van der Waals surface area contributed by atoms with E-state index in [1.54, 1.807) is 24.3 Å². The van der Waals surface area contributed by atoms with Crippen molar-refractivity contribution in [2.75, 3.05) is 0 Å². The first-order chi connectivity index (χ1) is 11.2. The van der Waals surface area contributed by atoms with Crippen LogP contribution in [0.15, 0.2) is 48.5 Å². The van der Waals surface area contributed by atoms with Crippen molar-refractivity contribution in [2.24, 2.45) is 0 Å². The van der Waals surface area contributed by atoms with Crippen LogP contribution < -0.4 is 0 Å². The second-order valence-electron chi connectivity index (χ2n) is 6.35. The highest BCUT2D eigenvalue weighted by molar-refractivity contribution is 5.29. The third-order valence-corrected chi connectivity index (χ3v) is 4.67. The molecule has 0 radical (unpaired) electrons. The van der Waals surface area contributed by atoms with Crippen molar-refractivity contribution < 1.29 is 19.7 Å². The number of benzene rings is 2. The van der Waals surface area contributed by atoms with E-state index in [1.165, 1.54) is 5.56 Å². The summed E-state index contributed by atoms with van der Waals surface area (Å²) in [5, 5.41) is 18.8. The molecule has 2 fully saturated rings. The summed E-state index contributed by atoms with van der Waals surface area (Å²) < 4.78 is 12.0. The summed E-state index contributed by atoms with van der Waals surface area (Å²) in [5.74, 6) is 0.561. The van der Waals surface area contributed by atoms with Gasteiger partial charge in [0.1, 0.15) is 23.7 Å². The minimum Gasteiger partial charge on any atom is -0.508 e. The van der Waals surface area contributed by atoms with Gasteiger partial charge in [0.25, 0.3) is 0 Å². The molecule has 2 aliphatic rings. The molecule has 2 aromatic rings. The van der Waals surface area contributed by atoms with E-state index in [2.05, 4.69) is 0 Å². The molecule has 4 nitrogen and oxygen atoms in total. The van der Waals surface area contributed by atoms with Gasteiger partial charge in [-0.15, -0.1) is 0 Å². The molecular weight excluding hydrogens is 292 g/mol. The van der Waals surface area contributed by atoms with E-state index in [9.17, 15) is 10.2 Å². The van der Waals surface area contributed by atoms with E-state index in [4.69, 9.17) is 9.47 Å². The van der Waals surface area contributed by atoms with Gasteiger partial charge < -0.3 is 19.7 Å². The fraction of sp³-hybridized carbons (Fsp3) is 0.368. The van der Waals surface area contributed by atoms with Crippen LogP contribution >= 0.6 is 0 Å². The summed E-state index contributed by atoms with van der Waals surface area (Å²) in [4.78, 5) is 0. The molecule has 2 heterocycles. The molecule has 0 aliphatic carbocycles. The van der Waals surface area contributed by atoms with Crippen LogP contribution in [0.2, 0.25) is 0 Å². The van der Waals surface area contributed by atoms with Gasteiger partial charge >= 0.3 is 0 Å². The predicted octanol–water partition coefficient (Wildman–Crippen LogP) is 3.33. The number of hydrogen-bond acceptors (Lipinski definition) is 4. The third kappa shape index (κ3) is 3.19. The summed E-state index contributed by atoms with van der Waals surface area (Å²) in [7, 11) is 0. The van der Waals surface area contributed by atoms with Crippen molar-refractivity contribution in [1.29, 1.82) is 0 Å². The van der Waals surface area contributed by atoms with Crippen LogP contribution in [-0.4, -0.2) is 28.5 Å². The molecule has 4 atom stereocenters. The Morgan fingerprint density at radius 3 is 2.22 bits per heavy atom. The molecule has 23 heavy (non-hydrogen) atoms. The van der Waals surface area contributed by atoms with Crippen molar-refractivity contribution in [3.63, 3.8) is 0 Å². The predicted molar refractivity (Wildman–Crippen MR) is 85.4 cm³/mol. The molecule has 0 saturated carbocycles. The molecular formula is C19H20O4. The molecule has 2 N–H and O–H groups in total. The van der Waals surface area contributed by atoms with E-state index in [-0.39, 0.29) is 24.1 Å². The summed E-state index contributed by atoms with van der Waals surface area (Å²) in [6.07, 6.45) is 3.39. The fourth-order valence-electron chi connectivity index (χ4n) is 3.32. The van der Waals surface area contributed by atoms with Gasteiger partial charge in [0.15, 0.2) is 0 Å². The maximum atomic E-state index is 9.42. The van der Waals surface area contributed by atoms with Gasteiger partial charge in [-0.3, -0.25) is 0 Å². The van der Waals surface area contributed by atoms with E-state index in [0.29, 0.717) is 11.9 Å². The lowest BCUT2D eigenvalue weighted by Crippen LogP contribution is -2.29. The Bertz CT molecular complexity index is 665. The highest BCUT2D eigenvalue weighted by Crippen LogP contribution is 2.45. The lowest BCUT2D eigenvalue weighted by atomic mass is 9.95. The zero-order valence-electron chi connectivity index (χ0n) is 12.8. The van der Waals surface area contributed by atoms with Crippen LogP contribution in [0, 0.1) is 0 Å². The SMILES string of the molecule is Oc1ccc(CC[C@H]2C[C@H]3O[C@H]3[C@H](c3ccc(O)cc3)O2)cc1. The van der Waals surface area contributed by atoms with E-state index in [1.807, 2.05) is 24.3 Å². The molecule has 4 heteroatoms. The van der Waals surface area contributed by atoms with Crippen molar-refractivity contribution in [3.8, 4) is 11.5 Å². The quantitative estimate of drug-likeness (QED) is 0.850. The molecule has 120 valence electrons. The number of rotatable bonds is 4. The standard InChI is InChI=1S/C19H20O4/c20-14-6-1-12(2-7-14)3-10-16-11-17-19(23-17)18(22-16)13-4-8-15(21)9-5-13/h1-2,4-9,16-21H,3,10-11H2/t16-,17+,18-,19+/m0/s1.